The Morgan fingerprint density at radius 3 is 2.34 bits per heavy atom. The van der Waals surface area contributed by atoms with Crippen LogP contribution in [0.25, 0.3) is 0 Å². The summed E-state index contributed by atoms with van der Waals surface area (Å²) in [6, 6.07) is 13.4. The maximum atomic E-state index is 12.8. The molecule has 0 saturated carbocycles. The molecule has 0 radical (unpaired) electrons. The van der Waals surface area contributed by atoms with Crippen molar-refractivity contribution in [2.24, 2.45) is 5.92 Å². The van der Waals surface area contributed by atoms with Crippen LogP contribution in [0.3, 0.4) is 0 Å². The molecule has 152 valence electrons. The lowest BCUT2D eigenvalue weighted by atomic mass is 9.96. The third-order valence-corrected chi connectivity index (χ3v) is 5.18. The van der Waals surface area contributed by atoms with E-state index in [0.29, 0.717) is 41.5 Å². The molecule has 1 aliphatic rings. The highest BCUT2D eigenvalue weighted by molar-refractivity contribution is 6.30. The molecular weight excluding hydrogens is 390 g/mol. The van der Waals surface area contributed by atoms with Gasteiger partial charge in [0.1, 0.15) is 0 Å². The van der Waals surface area contributed by atoms with Gasteiger partial charge in [0.2, 0.25) is 5.91 Å². The van der Waals surface area contributed by atoms with E-state index in [0.717, 1.165) is 12.8 Å². The number of halogens is 1. The van der Waals surface area contributed by atoms with Gasteiger partial charge in [-0.3, -0.25) is 14.4 Å². The van der Waals surface area contributed by atoms with E-state index < -0.39 is 0 Å². The number of hydrogen-bond acceptors (Lipinski definition) is 3. The maximum Gasteiger partial charge on any atom is 0.255 e. The SMILES string of the molecule is CCNC(=O)[C@H]1CCCN(C(=O)c2ccc(NC(=O)c3ccc(Cl)cc3)cc2)C1. The Kier molecular flexibility index (Phi) is 6.88. The maximum absolute atomic E-state index is 12.8. The van der Waals surface area contributed by atoms with Crippen molar-refractivity contribution >= 4 is 35.0 Å². The van der Waals surface area contributed by atoms with Crippen molar-refractivity contribution in [3.63, 3.8) is 0 Å². The van der Waals surface area contributed by atoms with Gasteiger partial charge < -0.3 is 15.5 Å². The number of nitrogens with zero attached hydrogens (tertiary/aromatic N) is 1. The Morgan fingerprint density at radius 2 is 1.69 bits per heavy atom. The minimum absolute atomic E-state index is 0.00487. The van der Waals surface area contributed by atoms with Gasteiger partial charge in [0, 0.05) is 41.5 Å². The molecule has 6 nitrogen and oxygen atoms in total. The average molecular weight is 414 g/mol. The highest BCUT2D eigenvalue weighted by atomic mass is 35.5. The number of carbonyl (C=O) groups is 3. The topological polar surface area (TPSA) is 78.5 Å². The van der Waals surface area contributed by atoms with Gasteiger partial charge in [0.15, 0.2) is 0 Å². The number of nitrogens with one attached hydrogen (secondary N) is 2. The number of hydrogen-bond donors (Lipinski definition) is 2. The van der Waals surface area contributed by atoms with Gasteiger partial charge in [-0.25, -0.2) is 0 Å². The Morgan fingerprint density at radius 1 is 1.03 bits per heavy atom. The van der Waals surface area contributed by atoms with Gasteiger partial charge in [0.05, 0.1) is 5.92 Å². The van der Waals surface area contributed by atoms with Crippen LogP contribution in [-0.2, 0) is 4.79 Å². The fourth-order valence-electron chi connectivity index (χ4n) is 3.38. The zero-order valence-electron chi connectivity index (χ0n) is 16.3. The van der Waals surface area contributed by atoms with Gasteiger partial charge in [-0.1, -0.05) is 11.6 Å². The summed E-state index contributed by atoms with van der Waals surface area (Å²) >= 11 is 5.84. The van der Waals surface area contributed by atoms with Gasteiger partial charge in [-0.2, -0.15) is 0 Å². The lowest BCUT2D eigenvalue weighted by molar-refractivity contribution is -0.126. The third-order valence-electron chi connectivity index (χ3n) is 4.93. The lowest BCUT2D eigenvalue weighted by Crippen LogP contribution is -2.45. The number of rotatable bonds is 5. The molecule has 3 rings (SSSR count). The molecule has 0 spiro atoms. The molecule has 7 heteroatoms. The average Bonchev–Trinajstić information content (AvgIpc) is 2.74. The summed E-state index contributed by atoms with van der Waals surface area (Å²) in [5, 5.41) is 6.20. The molecule has 2 aromatic carbocycles. The molecule has 2 N–H and O–H groups in total. The van der Waals surface area contributed by atoms with Crippen LogP contribution >= 0.6 is 11.6 Å². The summed E-state index contributed by atoms with van der Waals surface area (Å²) in [6.45, 7) is 3.55. The van der Waals surface area contributed by atoms with E-state index in [2.05, 4.69) is 10.6 Å². The molecule has 1 heterocycles. The van der Waals surface area contributed by atoms with Gasteiger partial charge in [-0.15, -0.1) is 0 Å². The zero-order chi connectivity index (χ0) is 20.8. The lowest BCUT2D eigenvalue weighted by Gasteiger charge is -2.32. The molecular formula is C22H24ClN3O3. The van der Waals surface area contributed by atoms with Gasteiger partial charge >= 0.3 is 0 Å². The van der Waals surface area contributed by atoms with E-state index in [-0.39, 0.29) is 23.6 Å². The van der Waals surface area contributed by atoms with Crippen molar-refractivity contribution < 1.29 is 14.4 Å². The summed E-state index contributed by atoms with van der Waals surface area (Å²) in [5.74, 6) is -0.507. The Hall–Kier alpha value is -2.86. The molecule has 0 bridgehead atoms. The quantitative estimate of drug-likeness (QED) is 0.786. The summed E-state index contributed by atoms with van der Waals surface area (Å²) in [5.41, 5.74) is 1.63. The van der Waals surface area contributed by atoms with E-state index in [4.69, 9.17) is 11.6 Å². The minimum Gasteiger partial charge on any atom is -0.356 e. The molecule has 1 atom stereocenters. The molecule has 0 aliphatic carbocycles. The minimum atomic E-state index is -0.249. The Labute approximate surface area is 175 Å². The predicted molar refractivity (Wildman–Crippen MR) is 113 cm³/mol. The zero-order valence-corrected chi connectivity index (χ0v) is 17.0. The largest absolute Gasteiger partial charge is 0.356 e. The van der Waals surface area contributed by atoms with Crippen LogP contribution in [0.2, 0.25) is 5.02 Å². The molecule has 0 unspecified atom stereocenters. The number of anilines is 1. The second-order valence-corrected chi connectivity index (χ2v) is 7.46. The highest BCUT2D eigenvalue weighted by Gasteiger charge is 2.28. The second kappa shape index (κ2) is 9.56. The Balaban J connectivity index is 1.61. The van der Waals surface area contributed by atoms with Crippen LogP contribution in [-0.4, -0.2) is 42.3 Å². The second-order valence-electron chi connectivity index (χ2n) is 7.02. The number of likely N-dealkylation sites (tertiary alicyclic amines) is 1. The van der Waals surface area contributed by atoms with Crippen molar-refractivity contribution in [1.29, 1.82) is 0 Å². The van der Waals surface area contributed by atoms with Crippen LogP contribution in [0.4, 0.5) is 5.69 Å². The van der Waals surface area contributed by atoms with Crippen LogP contribution < -0.4 is 10.6 Å². The third kappa shape index (κ3) is 5.35. The Bertz CT molecular complexity index is 881. The molecule has 1 fully saturated rings. The fourth-order valence-corrected chi connectivity index (χ4v) is 3.50. The highest BCUT2D eigenvalue weighted by Crippen LogP contribution is 2.20. The first-order valence-electron chi connectivity index (χ1n) is 9.72. The summed E-state index contributed by atoms with van der Waals surface area (Å²) in [7, 11) is 0. The predicted octanol–water partition coefficient (Wildman–Crippen LogP) is 3.58. The normalized spacial score (nSPS) is 16.2. The standard InChI is InChI=1S/C22H24ClN3O3/c1-2-24-20(27)17-4-3-13-26(14-17)22(29)16-7-11-19(12-8-16)25-21(28)15-5-9-18(23)10-6-15/h5-12,17H,2-4,13-14H2,1H3,(H,24,27)(H,25,28)/t17-/m0/s1. The van der Waals surface area contributed by atoms with Gasteiger partial charge in [-0.05, 0) is 68.3 Å². The van der Waals surface area contributed by atoms with E-state index in [1.165, 1.54) is 0 Å². The first-order chi connectivity index (χ1) is 14.0. The molecule has 0 aromatic heterocycles. The van der Waals surface area contributed by atoms with Crippen LogP contribution in [0.15, 0.2) is 48.5 Å². The van der Waals surface area contributed by atoms with Crippen molar-refractivity contribution in [1.82, 2.24) is 10.2 Å². The van der Waals surface area contributed by atoms with E-state index >= 15 is 0 Å². The molecule has 3 amide bonds. The van der Waals surface area contributed by atoms with E-state index in [9.17, 15) is 14.4 Å². The first kappa shape index (κ1) is 20.9. The van der Waals surface area contributed by atoms with Crippen molar-refractivity contribution in [2.75, 3.05) is 25.0 Å². The monoisotopic (exact) mass is 413 g/mol. The summed E-state index contributed by atoms with van der Waals surface area (Å²) in [6.07, 6.45) is 1.61. The van der Waals surface area contributed by atoms with Crippen LogP contribution in [0.1, 0.15) is 40.5 Å². The van der Waals surface area contributed by atoms with Crippen molar-refractivity contribution in [3.05, 3.63) is 64.7 Å². The van der Waals surface area contributed by atoms with E-state index in [1.807, 2.05) is 6.92 Å². The molecule has 1 aliphatic heterocycles. The summed E-state index contributed by atoms with van der Waals surface area (Å²) < 4.78 is 0. The number of benzene rings is 2. The van der Waals surface area contributed by atoms with Crippen molar-refractivity contribution in [2.45, 2.75) is 19.8 Å². The summed E-state index contributed by atoms with van der Waals surface area (Å²) in [4.78, 5) is 38.9. The number of piperidine rings is 1. The first-order valence-corrected chi connectivity index (χ1v) is 10.1. The van der Waals surface area contributed by atoms with Crippen molar-refractivity contribution in [3.8, 4) is 0 Å². The van der Waals surface area contributed by atoms with Crippen LogP contribution in [0, 0.1) is 5.92 Å². The number of carbonyl (C=O) groups excluding carboxylic acids is 3. The fraction of sp³-hybridized carbons (Fsp3) is 0.318. The van der Waals surface area contributed by atoms with Gasteiger partial charge in [0.25, 0.3) is 11.8 Å². The van der Waals surface area contributed by atoms with Crippen LogP contribution in [0.5, 0.6) is 0 Å². The molecule has 29 heavy (non-hydrogen) atoms. The smallest absolute Gasteiger partial charge is 0.255 e. The number of amides is 3. The molecule has 1 saturated heterocycles. The molecule has 2 aromatic rings. The van der Waals surface area contributed by atoms with E-state index in [1.54, 1.807) is 53.4 Å².